The maximum absolute atomic E-state index is 10.3. The van der Waals surface area contributed by atoms with Crippen molar-refractivity contribution < 1.29 is 9.90 Å². The van der Waals surface area contributed by atoms with Crippen LogP contribution < -0.4 is 0 Å². The van der Waals surface area contributed by atoms with E-state index in [1.165, 1.54) is 11.1 Å². The van der Waals surface area contributed by atoms with E-state index >= 15 is 0 Å². The zero-order valence-corrected chi connectivity index (χ0v) is 9.67. The summed E-state index contributed by atoms with van der Waals surface area (Å²) in [5.41, 5.74) is 2.39. The monoisotopic (exact) mass is 256 g/mol. The maximum atomic E-state index is 10.3. The molecule has 1 aromatic rings. The number of benzene rings is 1. The van der Waals surface area contributed by atoms with E-state index < -0.39 is 5.97 Å². The molecule has 0 heterocycles. The smallest absolute Gasteiger partial charge is 0.303 e. The van der Waals surface area contributed by atoms with Gasteiger partial charge in [0.05, 0.1) is 0 Å². The number of aliphatic carboxylic acids is 1. The van der Waals surface area contributed by atoms with Crippen LogP contribution in [-0.4, -0.2) is 11.1 Å². The Morgan fingerprint density at radius 3 is 2.79 bits per heavy atom. The molecule has 0 aliphatic heterocycles. The maximum Gasteiger partial charge on any atom is 0.303 e. The van der Waals surface area contributed by atoms with Gasteiger partial charge in [0, 0.05) is 10.9 Å². The van der Waals surface area contributed by atoms with Crippen molar-refractivity contribution in [3.05, 3.63) is 33.8 Å². The van der Waals surface area contributed by atoms with E-state index in [0.29, 0.717) is 6.42 Å². The van der Waals surface area contributed by atoms with E-state index in [2.05, 4.69) is 22.0 Å². The second kappa shape index (κ2) is 5.15. The molecular formula is C11H13BrO2. The van der Waals surface area contributed by atoms with Crippen LogP contribution in [0.25, 0.3) is 0 Å². The summed E-state index contributed by atoms with van der Waals surface area (Å²) in [6.45, 7) is 2.03. The zero-order chi connectivity index (χ0) is 10.6. The van der Waals surface area contributed by atoms with Crippen LogP contribution in [0.2, 0.25) is 0 Å². The summed E-state index contributed by atoms with van der Waals surface area (Å²) in [7, 11) is 0. The largest absolute Gasteiger partial charge is 0.481 e. The number of rotatable bonds is 4. The lowest BCUT2D eigenvalue weighted by molar-refractivity contribution is -0.137. The van der Waals surface area contributed by atoms with Gasteiger partial charge in [0.1, 0.15) is 0 Å². The molecule has 1 N–H and O–H groups in total. The highest BCUT2D eigenvalue weighted by atomic mass is 79.9. The number of carbonyl (C=O) groups is 1. The first-order valence-electron chi connectivity index (χ1n) is 4.56. The highest BCUT2D eigenvalue weighted by Gasteiger charge is 2.00. The minimum absolute atomic E-state index is 0.245. The predicted octanol–water partition coefficient (Wildman–Crippen LogP) is 3.16. The van der Waals surface area contributed by atoms with Gasteiger partial charge in [-0.05, 0) is 37.0 Å². The van der Waals surface area contributed by atoms with Crippen molar-refractivity contribution in [3.8, 4) is 0 Å². The van der Waals surface area contributed by atoms with Gasteiger partial charge in [0.2, 0.25) is 0 Å². The molecule has 0 saturated heterocycles. The predicted molar refractivity (Wildman–Crippen MR) is 59.5 cm³/mol. The summed E-state index contributed by atoms with van der Waals surface area (Å²) in [6.07, 6.45) is 1.78. The molecule has 0 unspecified atom stereocenters. The average molecular weight is 257 g/mol. The van der Waals surface area contributed by atoms with Gasteiger partial charge in [-0.1, -0.05) is 28.1 Å². The fourth-order valence-electron chi connectivity index (χ4n) is 1.31. The molecule has 0 aliphatic carbocycles. The van der Waals surface area contributed by atoms with Gasteiger partial charge in [0.25, 0.3) is 0 Å². The van der Waals surface area contributed by atoms with Crippen molar-refractivity contribution in [2.24, 2.45) is 0 Å². The molecule has 0 fully saturated rings. The van der Waals surface area contributed by atoms with Crippen LogP contribution in [0.4, 0.5) is 0 Å². The van der Waals surface area contributed by atoms with Gasteiger partial charge in [0.15, 0.2) is 0 Å². The lowest BCUT2D eigenvalue weighted by atomic mass is 10.1. The van der Waals surface area contributed by atoms with E-state index in [9.17, 15) is 4.79 Å². The second-order valence-corrected chi connectivity index (χ2v) is 4.19. The van der Waals surface area contributed by atoms with E-state index in [1.54, 1.807) is 0 Å². The Hall–Kier alpha value is -0.830. The summed E-state index contributed by atoms with van der Waals surface area (Å²) >= 11 is 3.43. The Morgan fingerprint density at radius 2 is 2.21 bits per heavy atom. The SMILES string of the molecule is Cc1cc(CCCC(=O)O)ccc1Br. The molecule has 3 heteroatoms. The molecule has 0 spiro atoms. The van der Waals surface area contributed by atoms with Crippen molar-refractivity contribution >= 4 is 21.9 Å². The number of aryl methyl sites for hydroxylation is 2. The highest BCUT2D eigenvalue weighted by Crippen LogP contribution is 2.18. The molecule has 0 bridgehead atoms. The van der Waals surface area contributed by atoms with Crippen molar-refractivity contribution in [1.82, 2.24) is 0 Å². The van der Waals surface area contributed by atoms with E-state index in [4.69, 9.17) is 5.11 Å². The third kappa shape index (κ3) is 3.50. The van der Waals surface area contributed by atoms with Crippen LogP contribution in [0.1, 0.15) is 24.0 Å². The van der Waals surface area contributed by atoms with Crippen LogP contribution in [0.3, 0.4) is 0 Å². The third-order valence-electron chi connectivity index (χ3n) is 2.08. The van der Waals surface area contributed by atoms with Gasteiger partial charge >= 0.3 is 5.97 Å². The molecule has 76 valence electrons. The molecule has 1 rings (SSSR count). The molecule has 0 amide bonds. The quantitative estimate of drug-likeness (QED) is 0.899. The summed E-state index contributed by atoms with van der Waals surface area (Å²) in [6, 6.07) is 6.12. The molecule has 0 aliphatic rings. The molecule has 0 radical (unpaired) electrons. The topological polar surface area (TPSA) is 37.3 Å². The lowest BCUT2D eigenvalue weighted by Crippen LogP contribution is -1.96. The van der Waals surface area contributed by atoms with Gasteiger partial charge in [-0.25, -0.2) is 0 Å². The lowest BCUT2D eigenvalue weighted by Gasteiger charge is -2.03. The summed E-state index contributed by atoms with van der Waals surface area (Å²) in [4.78, 5) is 10.3. The van der Waals surface area contributed by atoms with Gasteiger partial charge < -0.3 is 5.11 Å². The minimum Gasteiger partial charge on any atom is -0.481 e. The number of carboxylic acid groups (broad SMARTS) is 1. The van der Waals surface area contributed by atoms with Crippen LogP contribution in [0.5, 0.6) is 0 Å². The third-order valence-corrected chi connectivity index (χ3v) is 2.97. The van der Waals surface area contributed by atoms with Crippen LogP contribution in [0, 0.1) is 6.92 Å². The van der Waals surface area contributed by atoms with Crippen molar-refractivity contribution in [2.75, 3.05) is 0 Å². The Balaban J connectivity index is 2.51. The van der Waals surface area contributed by atoms with Gasteiger partial charge in [-0.15, -0.1) is 0 Å². The van der Waals surface area contributed by atoms with Crippen LogP contribution in [-0.2, 0) is 11.2 Å². The first-order valence-corrected chi connectivity index (χ1v) is 5.35. The van der Waals surface area contributed by atoms with Gasteiger partial charge in [-0.3, -0.25) is 4.79 Å². The number of hydrogen-bond acceptors (Lipinski definition) is 1. The first kappa shape index (κ1) is 11.2. The molecule has 14 heavy (non-hydrogen) atoms. The molecule has 0 aromatic heterocycles. The number of carboxylic acids is 1. The standard InChI is InChI=1S/C11H13BrO2/c1-8-7-9(5-6-10(8)12)3-2-4-11(13)14/h5-7H,2-4H2,1H3,(H,13,14). The highest BCUT2D eigenvalue weighted by molar-refractivity contribution is 9.10. The summed E-state index contributed by atoms with van der Waals surface area (Å²) in [5, 5.41) is 8.48. The number of hydrogen-bond donors (Lipinski definition) is 1. The summed E-state index contributed by atoms with van der Waals surface area (Å²) < 4.78 is 1.10. The molecule has 0 atom stereocenters. The average Bonchev–Trinajstić information content (AvgIpc) is 2.10. The van der Waals surface area contributed by atoms with Crippen molar-refractivity contribution in [3.63, 3.8) is 0 Å². The van der Waals surface area contributed by atoms with E-state index in [-0.39, 0.29) is 6.42 Å². The van der Waals surface area contributed by atoms with Crippen molar-refractivity contribution in [2.45, 2.75) is 26.2 Å². The fourth-order valence-corrected chi connectivity index (χ4v) is 1.55. The molecule has 0 saturated carbocycles. The molecule has 2 nitrogen and oxygen atoms in total. The first-order chi connectivity index (χ1) is 6.59. The molecule has 1 aromatic carbocycles. The summed E-state index contributed by atoms with van der Waals surface area (Å²) in [5.74, 6) is -0.723. The second-order valence-electron chi connectivity index (χ2n) is 3.33. The zero-order valence-electron chi connectivity index (χ0n) is 8.09. The minimum atomic E-state index is -0.723. The Labute approximate surface area is 92.1 Å². The fraction of sp³-hybridized carbons (Fsp3) is 0.364. The normalized spacial score (nSPS) is 10.1. The number of halogens is 1. The Bertz CT molecular complexity index is 334. The van der Waals surface area contributed by atoms with Crippen molar-refractivity contribution in [1.29, 1.82) is 0 Å². The van der Waals surface area contributed by atoms with E-state index in [0.717, 1.165) is 10.9 Å². The molecular weight excluding hydrogens is 244 g/mol. The van der Waals surface area contributed by atoms with Gasteiger partial charge in [-0.2, -0.15) is 0 Å². The van der Waals surface area contributed by atoms with E-state index in [1.807, 2.05) is 19.1 Å². The Morgan fingerprint density at radius 1 is 1.50 bits per heavy atom. The van der Waals surface area contributed by atoms with Crippen LogP contribution >= 0.6 is 15.9 Å². The Kier molecular flexibility index (Phi) is 4.14. The van der Waals surface area contributed by atoms with Crippen LogP contribution in [0.15, 0.2) is 22.7 Å².